The van der Waals surface area contributed by atoms with E-state index in [2.05, 4.69) is 0 Å². The fourth-order valence-corrected chi connectivity index (χ4v) is 3.09. The summed E-state index contributed by atoms with van der Waals surface area (Å²) < 4.78 is 38.8. The van der Waals surface area contributed by atoms with Crippen LogP contribution in [0.5, 0.6) is 0 Å². The molecular formula is C21H38N2O10. The summed E-state index contributed by atoms with van der Waals surface area (Å²) in [5.74, 6) is -0.475. The Hall–Kier alpha value is -1.38. The van der Waals surface area contributed by atoms with Crippen LogP contribution in [0.3, 0.4) is 0 Å². The highest BCUT2D eigenvalue weighted by Gasteiger charge is 2.19. The standard InChI is InChI=1S/C21H38N2O10/c24-15-19-16-32-17-20(25)22-1-5-27-9-10-28-7-3-23(21(26)18-33-19)4-8-30-12-14-31-13-11-29-6-2-22/h19,24H,1-18H2. The van der Waals surface area contributed by atoms with Crippen LogP contribution >= 0.6 is 0 Å². The molecule has 0 aromatic heterocycles. The summed E-state index contributed by atoms with van der Waals surface area (Å²) in [4.78, 5) is 28.5. The van der Waals surface area contributed by atoms with Gasteiger partial charge in [0.1, 0.15) is 19.3 Å². The summed E-state index contributed by atoms with van der Waals surface area (Å²) in [6, 6.07) is 0. The topological polar surface area (TPSA) is 125 Å². The highest BCUT2D eigenvalue weighted by molar-refractivity contribution is 5.77. The zero-order valence-corrected chi connectivity index (χ0v) is 19.3. The quantitative estimate of drug-likeness (QED) is 0.429. The molecule has 3 aliphatic heterocycles. The lowest BCUT2D eigenvalue weighted by Gasteiger charge is -2.25. The summed E-state index contributed by atoms with van der Waals surface area (Å²) >= 11 is 0. The number of aliphatic hydroxyl groups is 1. The van der Waals surface area contributed by atoms with E-state index in [-0.39, 0.29) is 38.2 Å². The van der Waals surface area contributed by atoms with E-state index in [1.807, 2.05) is 0 Å². The lowest BCUT2D eigenvalue weighted by atomic mass is 10.4. The Morgan fingerprint density at radius 3 is 1.42 bits per heavy atom. The van der Waals surface area contributed by atoms with Gasteiger partial charge in [-0.1, -0.05) is 0 Å². The Kier molecular flexibility index (Phi) is 15.2. The number of carbonyl (C=O) groups excluding carboxylic acids is 2. The summed E-state index contributed by atoms with van der Waals surface area (Å²) in [5, 5.41) is 9.56. The average Bonchev–Trinajstić information content (AvgIpc) is 2.82. The second-order valence-electron chi connectivity index (χ2n) is 7.45. The maximum absolute atomic E-state index is 12.7. The van der Waals surface area contributed by atoms with Crippen molar-refractivity contribution in [3.63, 3.8) is 0 Å². The number of amides is 2. The molecular weight excluding hydrogens is 440 g/mol. The van der Waals surface area contributed by atoms with Gasteiger partial charge in [0.25, 0.3) is 0 Å². The minimum absolute atomic E-state index is 0.0140. The Labute approximate surface area is 194 Å². The van der Waals surface area contributed by atoms with E-state index in [0.717, 1.165) is 0 Å². The monoisotopic (exact) mass is 478 g/mol. The lowest BCUT2D eigenvalue weighted by molar-refractivity contribution is -0.146. The van der Waals surface area contributed by atoms with Gasteiger partial charge in [-0.05, 0) is 0 Å². The third-order valence-electron chi connectivity index (χ3n) is 5.02. The van der Waals surface area contributed by atoms with Gasteiger partial charge in [0.15, 0.2) is 0 Å². The summed E-state index contributed by atoms with van der Waals surface area (Å²) in [6.07, 6.45) is -0.721. The second-order valence-corrected chi connectivity index (χ2v) is 7.45. The van der Waals surface area contributed by atoms with E-state index in [0.29, 0.717) is 92.2 Å². The molecule has 192 valence electrons. The van der Waals surface area contributed by atoms with Crippen LogP contribution < -0.4 is 0 Å². The first-order chi connectivity index (χ1) is 16.2. The fraction of sp³-hybridized carbons (Fsp3) is 0.905. The number of rotatable bonds is 1. The van der Waals surface area contributed by atoms with Crippen LogP contribution in [0.2, 0.25) is 0 Å². The van der Waals surface area contributed by atoms with E-state index >= 15 is 0 Å². The molecule has 2 amide bonds. The maximum atomic E-state index is 12.7. The first-order valence-corrected chi connectivity index (χ1v) is 11.4. The van der Waals surface area contributed by atoms with Crippen molar-refractivity contribution in [1.82, 2.24) is 9.80 Å². The van der Waals surface area contributed by atoms with E-state index in [1.54, 1.807) is 9.80 Å². The highest BCUT2D eigenvalue weighted by Crippen LogP contribution is 2.00. The molecule has 3 saturated heterocycles. The Balaban J connectivity index is 2.06. The summed E-state index contributed by atoms with van der Waals surface area (Å²) in [5.41, 5.74) is 0. The number of ether oxygens (including phenoxy) is 7. The van der Waals surface area contributed by atoms with E-state index in [1.165, 1.54) is 0 Å². The number of aliphatic hydroxyl groups excluding tert-OH is 1. The van der Waals surface area contributed by atoms with Crippen molar-refractivity contribution in [3.05, 3.63) is 0 Å². The molecule has 12 heteroatoms. The number of hydrogen-bond donors (Lipinski definition) is 1. The van der Waals surface area contributed by atoms with Gasteiger partial charge in [-0.15, -0.1) is 0 Å². The highest BCUT2D eigenvalue weighted by atomic mass is 16.6. The van der Waals surface area contributed by atoms with Crippen LogP contribution in [0.4, 0.5) is 0 Å². The largest absolute Gasteiger partial charge is 0.394 e. The molecule has 0 aromatic rings. The molecule has 33 heavy (non-hydrogen) atoms. The van der Waals surface area contributed by atoms with Crippen LogP contribution in [0, 0.1) is 0 Å². The molecule has 1 unspecified atom stereocenters. The normalized spacial score (nSPS) is 25.7. The van der Waals surface area contributed by atoms with Crippen LogP contribution in [0.15, 0.2) is 0 Å². The molecule has 0 spiro atoms. The van der Waals surface area contributed by atoms with E-state index in [9.17, 15) is 14.7 Å². The summed E-state index contributed by atoms with van der Waals surface area (Å²) in [6.45, 7) is 4.57. The number of fused-ring (bicyclic) bond motifs is 24. The molecule has 1 atom stereocenters. The van der Waals surface area contributed by atoms with Crippen molar-refractivity contribution in [3.8, 4) is 0 Å². The van der Waals surface area contributed by atoms with Crippen molar-refractivity contribution >= 4 is 11.8 Å². The van der Waals surface area contributed by atoms with Crippen molar-refractivity contribution in [2.45, 2.75) is 6.10 Å². The van der Waals surface area contributed by atoms with Gasteiger partial charge in [-0.2, -0.15) is 0 Å². The molecule has 0 radical (unpaired) electrons. The molecule has 1 N–H and O–H groups in total. The number of nitrogens with zero attached hydrogens (tertiary/aromatic N) is 2. The zero-order valence-electron chi connectivity index (χ0n) is 19.3. The van der Waals surface area contributed by atoms with Gasteiger partial charge in [-0.25, -0.2) is 0 Å². The first kappa shape index (κ1) is 27.9. The lowest BCUT2D eigenvalue weighted by Crippen LogP contribution is -2.41. The molecule has 3 aliphatic rings. The van der Waals surface area contributed by atoms with Crippen molar-refractivity contribution in [2.24, 2.45) is 0 Å². The first-order valence-electron chi connectivity index (χ1n) is 11.4. The van der Waals surface area contributed by atoms with Gasteiger partial charge in [0.2, 0.25) is 11.8 Å². The smallest absolute Gasteiger partial charge is 0.248 e. The average molecular weight is 479 g/mol. The SMILES string of the molecule is O=C1COCC(CO)OCC(=O)N2CCOCCOCCOCCN1CCOCCOCC2. The molecule has 0 saturated carbocycles. The van der Waals surface area contributed by atoms with Crippen molar-refractivity contribution in [2.75, 3.05) is 119 Å². The molecule has 2 bridgehead atoms. The minimum Gasteiger partial charge on any atom is -0.394 e. The van der Waals surface area contributed by atoms with Gasteiger partial charge in [0.05, 0.1) is 79.3 Å². The molecule has 12 nitrogen and oxygen atoms in total. The molecule has 0 aromatic carbocycles. The predicted octanol–water partition coefficient (Wildman–Crippen LogP) is -1.85. The molecule has 3 rings (SSSR count). The van der Waals surface area contributed by atoms with Crippen molar-refractivity contribution < 1.29 is 47.9 Å². The van der Waals surface area contributed by atoms with Crippen LogP contribution in [-0.4, -0.2) is 152 Å². The molecule has 0 aliphatic carbocycles. The van der Waals surface area contributed by atoms with E-state index < -0.39 is 6.10 Å². The van der Waals surface area contributed by atoms with Crippen LogP contribution in [-0.2, 0) is 42.7 Å². The Morgan fingerprint density at radius 2 is 1.00 bits per heavy atom. The van der Waals surface area contributed by atoms with Gasteiger partial charge in [-0.3, -0.25) is 9.59 Å². The number of carbonyl (C=O) groups is 2. The third-order valence-corrected chi connectivity index (χ3v) is 5.02. The molecule has 3 heterocycles. The third kappa shape index (κ3) is 12.6. The van der Waals surface area contributed by atoms with Gasteiger partial charge < -0.3 is 48.1 Å². The minimum atomic E-state index is -0.721. The van der Waals surface area contributed by atoms with Gasteiger partial charge >= 0.3 is 0 Å². The van der Waals surface area contributed by atoms with Crippen LogP contribution in [0.25, 0.3) is 0 Å². The Morgan fingerprint density at radius 1 is 0.606 bits per heavy atom. The maximum Gasteiger partial charge on any atom is 0.248 e. The van der Waals surface area contributed by atoms with Gasteiger partial charge in [0, 0.05) is 26.2 Å². The van der Waals surface area contributed by atoms with E-state index in [4.69, 9.17) is 33.2 Å². The summed E-state index contributed by atoms with van der Waals surface area (Å²) in [7, 11) is 0. The van der Waals surface area contributed by atoms with Crippen molar-refractivity contribution in [1.29, 1.82) is 0 Å². The zero-order chi connectivity index (χ0) is 23.6. The van der Waals surface area contributed by atoms with Crippen LogP contribution in [0.1, 0.15) is 0 Å². The Bertz CT molecular complexity index is 535. The second kappa shape index (κ2) is 18.0. The number of hydrogen-bond acceptors (Lipinski definition) is 10. The predicted molar refractivity (Wildman–Crippen MR) is 115 cm³/mol. The molecule has 3 fully saturated rings. The fourth-order valence-electron chi connectivity index (χ4n) is 3.09.